The van der Waals surface area contributed by atoms with E-state index in [1.54, 1.807) is 12.0 Å². The Balaban J connectivity index is 2.25. The topological polar surface area (TPSA) is 49.9 Å². The van der Waals surface area contributed by atoms with Gasteiger partial charge in [-0.2, -0.15) is 0 Å². The fourth-order valence-corrected chi connectivity index (χ4v) is 3.41. The molecule has 2 saturated heterocycles. The molecular weight excluding hydrogens is 256 g/mol. The Morgan fingerprint density at radius 3 is 2.55 bits per heavy atom. The van der Waals surface area contributed by atoms with Crippen molar-refractivity contribution in [3.63, 3.8) is 0 Å². The second kappa shape index (κ2) is 6.12. The van der Waals surface area contributed by atoms with Gasteiger partial charge >= 0.3 is 0 Å². The number of ether oxygens (including phenoxy) is 1. The summed E-state index contributed by atoms with van der Waals surface area (Å²) < 4.78 is 5.11. The maximum absolute atomic E-state index is 12.8. The summed E-state index contributed by atoms with van der Waals surface area (Å²) in [5, 5.41) is 0. The van der Waals surface area contributed by atoms with Crippen LogP contribution in [-0.4, -0.2) is 60.0 Å². The van der Waals surface area contributed by atoms with Crippen LogP contribution in [0.2, 0.25) is 0 Å². The minimum absolute atomic E-state index is 0.0431. The van der Waals surface area contributed by atoms with Gasteiger partial charge in [-0.1, -0.05) is 13.8 Å². The summed E-state index contributed by atoms with van der Waals surface area (Å²) in [4.78, 5) is 29.1. The van der Waals surface area contributed by atoms with E-state index in [1.165, 1.54) is 0 Å². The Hall–Kier alpha value is -1.10. The average molecular weight is 282 g/mol. The standard InChI is InChI=1S/C15H26N2O3/c1-10(2)13-15(19)16-8-5-6-12(16)14(18)17(13)11(3)7-9-20-4/h10-13H,5-9H2,1-4H3. The van der Waals surface area contributed by atoms with E-state index in [9.17, 15) is 9.59 Å². The molecule has 0 aromatic carbocycles. The van der Waals surface area contributed by atoms with Crippen molar-refractivity contribution >= 4 is 11.8 Å². The van der Waals surface area contributed by atoms with Gasteiger partial charge in [-0.25, -0.2) is 0 Å². The number of fused-ring (bicyclic) bond motifs is 1. The van der Waals surface area contributed by atoms with E-state index in [0.717, 1.165) is 25.8 Å². The van der Waals surface area contributed by atoms with Crippen molar-refractivity contribution in [2.24, 2.45) is 5.92 Å². The van der Waals surface area contributed by atoms with Crippen molar-refractivity contribution in [2.75, 3.05) is 20.3 Å². The number of hydrogen-bond donors (Lipinski definition) is 0. The highest BCUT2D eigenvalue weighted by Gasteiger charge is 2.49. The van der Waals surface area contributed by atoms with Gasteiger partial charge in [0, 0.05) is 26.3 Å². The maximum Gasteiger partial charge on any atom is 0.246 e. The van der Waals surface area contributed by atoms with Crippen molar-refractivity contribution < 1.29 is 14.3 Å². The SMILES string of the molecule is COCCC(C)N1C(=O)C2CCCN2C(=O)C1C(C)C. The van der Waals surface area contributed by atoms with Crippen LogP contribution in [0, 0.1) is 5.92 Å². The van der Waals surface area contributed by atoms with Crippen LogP contribution in [0.5, 0.6) is 0 Å². The highest BCUT2D eigenvalue weighted by Crippen LogP contribution is 2.31. The Morgan fingerprint density at radius 2 is 1.95 bits per heavy atom. The molecule has 2 heterocycles. The maximum atomic E-state index is 12.8. The first-order valence-corrected chi connectivity index (χ1v) is 7.60. The highest BCUT2D eigenvalue weighted by molar-refractivity contribution is 5.97. The van der Waals surface area contributed by atoms with Crippen LogP contribution >= 0.6 is 0 Å². The van der Waals surface area contributed by atoms with Crippen molar-refractivity contribution in [1.29, 1.82) is 0 Å². The van der Waals surface area contributed by atoms with E-state index in [2.05, 4.69) is 0 Å². The lowest BCUT2D eigenvalue weighted by Gasteiger charge is -2.46. The van der Waals surface area contributed by atoms with Crippen LogP contribution in [0.3, 0.4) is 0 Å². The second-order valence-corrected chi connectivity index (χ2v) is 6.25. The first-order chi connectivity index (χ1) is 9.49. The van der Waals surface area contributed by atoms with E-state index in [-0.39, 0.29) is 35.9 Å². The molecule has 3 unspecified atom stereocenters. The van der Waals surface area contributed by atoms with Gasteiger partial charge < -0.3 is 14.5 Å². The number of methoxy groups -OCH3 is 1. The number of rotatable bonds is 5. The first kappa shape index (κ1) is 15.3. The Bertz CT molecular complexity index is 383. The molecule has 2 aliphatic rings. The van der Waals surface area contributed by atoms with E-state index in [1.807, 2.05) is 25.7 Å². The predicted molar refractivity (Wildman–Crippen MR) is 76.2 cm³/mol. The Morgan fingerprint density at radius 1 is 1.25 bits per heavy atom. The summed E-state index contributed by atoms with van der Waals surface area (Å²) in [6, 6.07) is -0.493. The van der Waals surface area contributed by atoms with Crippen LogP contribution in [0.15, 0.2) is 0 Å². The van der Waals surface area contributed by atoms with Crippen molar-refractivity contribution in [2.45, 2.75) is 58.2 Å². The minimum Gasteiger partial charge on any atom is -0.385 e. The quantitative estimate of drug-likeness (QED) is 0.763. The van der Waals surface area contributed by atoms with Crippen LogP contribution in [0.4, 0.5) is 0 Å². The van der Waals surface area contributed by atoms with Crippen LogP contribution in [-0.2, 0) is 14.3 Å². The van der Waals surface area contributed by atoms with Crippen molar-refractivity contribution in [1.82, 2.24) is 9.80 Å². The lowest BCUT2D eigenvalue weighted by molar-refractivity contribution is -0.164. The van der Waals surface area contributed by atoms with Gasteiger partial charge in [0.15, 0.2) is 0 Å². The summed E-state index contributed by atoms with van der Waals surface area (Å²) in [6.07, 6.45) is 2.52. The molecule has 3 atom stereocenters. The van der Waals surface area contributed by atoms with Crippen molar-refractivity contribution in [3.8, 4) is 0 Å². The molecule has 2 rings (SSSR count). The molecule has 0 saturated carbocycles. The molecule has 0 aromatic rings. The van der Waals surface area contributed by atoms with Gasteiger partial charge in [0.1, 0.15) is 12.1 Å². The smallest absolute Gasteiger partial charge is 0.246 e. The van der Waals surface area contributed by atoms with E-state index in [4.69, 9.17) is 4.74 Å². The summed E-state index contributed by atoms with van der Waals surface area (Å²) in [5.41, 5.74) is 0. The van der Waals surface area contributed by atoms with E-state index < -0.39 is 0 Å². The van der Waals surface area contributed by atoms with Gasteiger partial charge in [-0.3, -0.25) is 9.59 Å². The zero-order chi connectivity index (χ0) is 14.9. The molecule has 5 heteroatoms. The number of hydrogen-bond acceptors (Lipinski definition) is 3. The largest absolute Gasteiger partial charge is 0.385 e. The molecule has 0 spiro atoms. The first-order valence-electron chi connectivity index (χ1n) is 7.60. The molecule has 0 bridgehead atoms. The lowest BCUT2D eigenvalue weighted by Crippen LogP contribution is -2.66. The van der Waals surface area contributed by atoms with E-state index in [0.29, 0.717) is 6.61 Å². The number of piperazine rings is 1. The summed E-state index contributed by atoms with van der Waals surface area (Å²) >= 11 is 0. The van der Waals surface area contributed by atoms with E-state index >= 15 is 0 Å². The number of carbonyl (C=O) groups excluding carboxylic acids is 2. The molecule has 0 aliphatic carbocycles. The molecule has 2 fully saturated rings. The number of carbonyl (C=O) groups is 2. The van der Waals surface area contributed by atoms with Crippen LogP contribution < -0.4 is 0 Å². The zero-order valence-corrected chi connectivity index (χ0v) is 13.0. The van der Waals surface area contributed by atoms with Gasteiger partial charge in [-0.15, -0.1) is 0 Å². The number of nitrogens with zero attached hydrogens (tertiary/aromatic N) is 2. The molecule has 5 nitrogen and oxygen atoms in total. The van der Waals surface area contributed by atoms with Gasteiger partial charge in [0.2, 0.25) is 11.8 Å². The zero-order valence-electron chi connectivity index (χ0n) is 13.0. The van der Waals surface area contributed by atoms with Gasteiger partial charge in [0.05, 0.1) is 0 Å². The molecular formula is C15H26N2O3. The number of amides is 2. The average Bonchev–Trinajstić information content (AvgIpc) is 2.89. The highest BCUT2D eigenvalue weighted by atomic mass is 16.5. The molecule has 0 radical (unpaired) electrons. The monoisotopic (exact) mass is 282 g/mol. The summed E-state index contributed by atoms with van der Waals surface area (Å²) in [5.74, 6) is 0.397. The Labute approximate surface area is 121 Å². The molecule has 2 amide bonds. The minimum atomic E-state index is -0.316. The summed E-state index contributed by atoms with van der Waals surface area (Å²) in [7, 11) is 1.66. The second-order valence-electron chi connectivity index (χ2n) is 6.25. The Kier molecular flexibility index (Phi) is 4.68. The van der Waals surface area contributed by atoms with Gasteiger partial charge in [0.25, 0.3) is 0 Å². The fraction of sp³-hybridized carbons (Fsp3) is 0.867. The third kappa shape index (κ3) is 2.55. The third-order valence-electron chi connectivity index (χ3n) is 4.47. The predicted octanol–water partition coefficient (Wildman–Crippen LogP) is 1.27. The molecule has 114 valence electrons. The summed E-state index contributed by atoms with van der Waals surface area (Å²) in [6.45, 7) is 7.39. The third-order valence-corrected chi connectivity index (χ3v) is 4.47. The molecule has 0 aromatic heterocycles. The fourth-order valence-electron chi connectivity index (χ4n) is 3.41. The van der Waals surface area contributed by atoms with Crippen molar-refractivity contribution in [3.05, 3.63) is 0 Å². The molecule has 0 N–H and O–H groups in total. The normalized spacial score (nSPS) is 28.2. The lowest BCUT2D eigenvalue weighted by atomic mass is 9.93. The molecule has 20 heavy (non-hydrogen) atoms. The van der Waals surface area contributed by atoms with Crippen LogP contribution in [0.1, 0.15) is 40.0 Å². The van der Waals surface area contributed by atoms with Crippen LogP contribution in [0.25, 0.3) is 0 Å². The van der Waals surface area contributed by atoms with Gasteiger partial charge in [-0.05, 0) is 32.1 Å². The molecule has 2 aliphatic heterocycles.